The van der Waals surface area contributed by atoms with E-state index in [1.54, 1.807) is 0 Å². The van der Waals surface area contributed by atoms with Crippen LogP contribution in [0.3, 0.4) is 0 Å². The molecule has 0 bridgehead atoms. The Bertz CT molecular complexity index is 1010. The van der Waals surface area contributed by atoms with E-state index in [1.807, 2.05) is 0 Å². The fraction of sp³-hybridized carbons (Fsp3) is 0.952. The molecule has 0 aromatic heterocycles. The van der Waals surface area contributed by atoms with Crippen LogP contribution in [0.4, 0.5) is 0 Å². The van der Waals surface area contributed by atoms with Crippen molar-refractivity contribution in [2.75, 3.05) is 13.2 Å². The molecular weight excluding hydrogens is 841 g/mol. The minimum atomic E-state index is -0.758. The molecule has 0 aliphatic rings. The maximum Gasteiger partial charge on any atom is 0.306 e. The third-order valence-corrected chi connectivity index (χ3v) is 14.4. The summed E-state index contributed by atoms with van der Waals surface area (Å²) in [6.07, 6.45) is 66.2. The lowest BCUT2D eigenvalue weighted by atomic mass is 10.0. The van der Waals surface area contributed by atoms with Gasteiger partial charge in [0.05, 0.1) is 0 Å². The van der Waals surface area contributed by atoms with E-state index in [4.69, 9.17) is 14.2 Å². The highest BCUT2D eigenvalue weighted by molar-refractivity contribution is 5.71. The summed E-state index contributed by atoms with van der Waals surface area (Å²) in [5.74, 6) is -0.855. The van der Waals surface area contributed by atoms with E-state index in [0.717, 1.165) is 64.2 Å². The molecule has 404 valence electrons. The van der Waals surface area contributed by atoms with Crippen LogP contribution in [-0.4, -0.2) is 37.2 Å². The lowest BCUT2D eigenvalue weighted by molar-refractivity contribution is -0.167. The van der Waals surface area contributed by atoms with E-state index >= 15 is 0 Å². The molecule has 0 rings (SSSR count). The number of hydrogen-bond donors (Lipinski definition) is 0. The Balaban J connectivity index is 3.79. The zero-order chi connectivity index (χ0) is 49.3. The highest BCUT2D eigenvalue weighted by Crippen LogP contribution is 2.18. The van der Waals surface area contributed by atoms with Crippen molar-refractivity contribution in [2.45, 2.75) is 367 Å². The van der Waals surface area contributed by atoms with Gasteiger partial charge in [0, 0.05) is 19.3 Å². The number of esters is 3. The van der Waals surface area contributed by atoms with E-state index < -0.39 is 6.10 Å². The molecule has 0 N–H and O–H groups in total. The summed E-state index contributed by atoms with van der Waals surface area (Å²) < 4.78 is 16.7. The fourth-order valence-corrected chi connectivity index (χ4v) is 9.68. The molecule has 0 radical (unpaired) electrons. The van der Waals surface area contributed by atoms with E-state index in [-0.39, 0.29) is 31.1 Å². The van der Waals surface area contributed by atoms with Crippen molar-refractivity contribution in [3.63, 3.8) is 0 Å². The molecule has 0 fully saturated rings. The molecule has 0 aromatic carbocycles. The Morgan fingerprint density at radius 2 is 0.397 bits per heavy atom. The Labute approximate surface area is 425 Å². The normalized spacial score (nSPS) is 11.9. The lowest BCUT2D eigenvalue weighted by Gasteiger charge is -2.18. The Morgan fingerprint density at radius 3 is 0.588 bits per heavy atom. The van der Waals surface area contributed by atoms with Gasteiger partial charge in [0.15, 0.2) is 6.10 Å². The van der Waals surface area contributed by atoms with Crippen molar-refractivity contribution in [1.29, 1.82) is 0 Å². The number of carbonyl (C=O) groups excluding carboxylic acids is 3. The smallest absolute Gasteiger partial charge is 0.306 e. The minimum Gasteiger partial charge on any atom is -0.462 e. The van der Waals surface area contributed by atoms with Crippen LogP contribution < -0.4 is 0 Å². The molecule has 0 saturated heterocycles. The maximum atomic E-state index is 12.7. The van der Waals surface area contributed by atoms with Crippen LogP contribution in [0.2, 0.25) is 0 Å². The molecule has 0 aliphatic heterocycles. The van der Waals surface area contributed by atoms with Gasteiger partial charge < -0.3 is 14.2 Å². The second-order valence-electron chi connectivity index (χ2n) is 21.3. The van der Waals surface area contributed by atoms with Gasteiger partial charge >= 0.3 is 17.9 Å². The summed E-state index contributed by atoms with van der Waals surface area (Å²) in [7, 11) is 0. The molecule has 68 heavy (non-hydrogen) atoms. The molecule has 0 spiro atoms. The maximum absolute atomic E-state index is 12.7. The number of ether oxygens (including phenoxy) is 3. The van der Waals surface area contributed by atoms with Crippen molar-refractivity contribution in [2.24, 2.45) is 0 Å². The molecular formula is C62H120O6. The van der Waals surface area contributed by atoms with Gasteiger partial charge in [0.1, 0.15) is 13.2 Å². The Morgan fingerprint density at radius 1 is 0.235 bits per heavy atom. The summed E-state index contributed by atoms with van der Waals surface area (Å²) in [5.41, 5.74) is 0. The first-order valence-corrected chi connectivity index (χ1v) is 31.0. The topological polar surface area (TPSA) is 78.9 Å². The predicted octanol–water partition coefficient (Wildman–Crippen LogP) is 20.7. The van der Waals surface area contributed by atoms with Crippen LogP contribution in [0.5, 0.6) is 0 Å². The first-order chi connectivity index (χ1) is 33.5. The van der Waals surface area contributed by atoms with E-state index in [2.05, 4.69) is 20.8 Å². The van der Waals surface area contributed by atoms with Gasteiger partial charge in [-0.05, 0) is 19.3 Å². The van der Waals surface area contributed by atoms with Gasteiger partial charge in [-0.15, -0.1) is 0 Å². The van der Waals surface area contributed by atoms with Crippen molar-refractivity contribution in [3.8, 4) is 0 Å². The molecule has 0 saturated carbocycles. The van der Waals surface area contributed by atoms with E-state index in [0.29, 0.717) is 19.3 Å². The second-order valence-corrected chi connectivity index (χ2v) is 21.3. The summed E-state index contributed by atoms with van der Waals surface area (Å²) in [4.78, 5) is 37.7. The number of rotatable bonds is 58. The molecule has 0 heterocycles. The molecule has 0 amide bonds. The van der Waals surface area contributed by atoms with Crippen molar-refractivity contribution < 1.29 is 28.6 Å². The third-order valence-electron chi connectivity index (χ3n) is 14.4. The Kier molecular flexibility index (Phi) is 56.6. The van der Waals surface area contributed by atoms with Gasteiger partial charge in [0.25, 0.3) is 0 Å². The van der Waals surface area contributed by atoms with Gasteiger partial charge in [-0.2, -0.15) is 0 Å². The third kappa shape index (κ3) is 55.3. The van der Waals surface area contributed by atoms with Gasteiger partial charge in [-0.1, -0.05) is 323 Å². The van der Waals surface area contributed by atoms with E-state index in [9.17, 15) is 14.4 Å². The molecule has 0 aromatic rings. The first kappa shape index (κ1) is 66.4. The standard InChI is InChI=1S/C62H120O6/c1-4-7-10-13-15-17-19-21-22-23-24-25-26-27-28-29-30-31-32-33-34-35-36-37-38-39-40-41-43-44-46-49-52-55-61(64)67-58-59(57-66-60(63)54-51-48-12-9-6-3)68-62(65)56-53-50-47-45-42-20-18-16-14-11-8-5-2/h59H,4-58H2,1-3H3. The van der Waals surface area contributed by atoms with Crippen LogP contribution in [0.15, 0.2) is 0 Å². The number of hydrogen-bond acceptors (Lipinski definition) is 6. The van der Waals surface area contributed by atoms with Crippen molar-refractivity contribution >= 4 is 17.9 Å². The van der Waals surface area contributed by atoms with Crippen molar-refractivity contribution in [1.82, 2.24) is 0 Å². The number of unbranched alkanes of at least 4 members (excludes halogenated alkanes) is 47. The average Bonchev–Trinajstić information content (AvgIpc) is 3.34. The van der Waals surface area contributed by atoms with Gasteiger partial charge in [-0.25, -0.2) is 0 Å². The molecule has 1 unspecified atom stereocenters. The summed E-state index contributed by atoms with van der Waals surface area (Å²) in [6, 6.07) is 0. The second kappa shape index (κ2) is 58.0. The van der Waals surface area contributed by atoms with Crippen LogP contribution in [0, 0.1) is 0 Å². The number of carbonyl (C=O) groups is 3. The monoisotopic (exact) mass is 961 g/mol. The van der Waals surface area contributed by atoms with E-state index in [1.165, 1.54) is 257 Å². The quantitative estimate of drug-likeness (QED) is 0.0343. The molecule has 1 atom stereocenters. The SMILES string of the molecule is CCCCCCCCCCCCCCCCCCCCCCCCCCCCCCCCCCCC(=O)OCC(COC(=O)CCCCCCC)OC(=O)CCCCCCCCCCCCCC. The summed E-state index contributed by atoms with van der Waals surface area (Å²) >= 11 is 0. The average molecular weight is 962 g/mol. The van der Waals surface area contributed by atoms with Crippen LogP contribution >= 0.6 is 0 Å². The summed E-state index contributed by atoms with van der Waals surface area (Å²) in [5, 5.41) is 0. The largest absolute Gasteiger partial charge is 0.462 e. The molecule has 6 heteroatoms. The highest BCUT2D eigenvalue weighted by Gasteiger charge is 2.19. The van der Waals surface area contributed by atoms with Gasteiger partial charge in [-0.3, -0.25) is 14.4 Å². The fourth-order valence-electron chi connectivity index (χ4n) is 9.68. The van der Waals surface area contributed by atoms with Crippen LogP contribution in [-0.2, 0) is 28.6 Å². The molecule has 0 aliphatic carbocycles. The van der Waals surface area contributed by atoms with Gasteiger partial charge in [0.2, 0.25) is 0 Å². The highest BCUT2D eigenvalue weighted by atomic mass is 16.6. The molecule has 6 nitrogen and oxygen atoms in total. The zero-order valence-electron chi connectivity index (χ0n) is 46.4. The first-order valence-electron chi connectivity index (χ1n) is 31.0. The summed E-state index contributed by atoms with van der Waals surface area (Å²) in [6.45, 7) is 6.61. The van der Waals surface area contributed by atoms with Crippen molar-refractivity contribution in [3.05, 3.63) is 0 Å². The predicted molar refractivity (Wildman–Crippen MR) is 294 cm³/mol. The van der Waals surface area contributed by atoms with Crippen LogP contribution in [0.25, 0.3) is 0 Å². The minimum absolute atomic E-state index is 0.0630. The lowest BCUT2D eigenvalue weighted by Crippen LogP contribution is -2.30. The Hall–Kier alpha value is -1.59. The van der Waals surface area contributed by atoms with Crippen LogP contribution in [0.1, 0.15) is 361 Å². The zero-order valence-corrected chi connectivity index (χ0v) is 46.4.